The van der Waals surface area contributed by atoms with Crippen LogP contribution in [0.1, 0.15) is 41.4 Å². The molecule has 1 atom stereocenters. The topological polar surface area (TPSA) is 59.7 Å². The van der Waals surface area contributed by atoms with Crippen molar-refractivity contribution in [3.8, 4) is 0 Å². The van der Waals surface area contributed by atoms with E-state index in [0.29, 0.717) is 31.9 Å². The van der Waals surface area contributed by atoms with Crippen LogP contribution in [-0.2, 0) is 4.79 Å². The first-order chi connectivity index (χ1) is 15.7. The highest BCUT2D eigenvalue weighted by Crippen LogP contribution is 2.27. The number of amides is 2. The molecule has 6 heteroatoms. The number of piperazine rings is 1. The van der Waals surface area contributed by atoms with Crippen LogP contribution in [-0.4, -0.2) is 70.8 Å². The second-order valence-corrected chi connectivity index (χ2v) is 8.80. The van der Waals surface area contributed by atoms with Gasteiger partial charge in [-0.2, -0.15) is 0 Å². The van der Waals surface area contributed by atoms with Gasteiger partial charge in [0.1, 0.15) is 11.7 Å². The number of rotatable bonds is 4. The number of carbonyl (C=O) groups excluding carboxylic acids is 2. The van der Waals surface area contributed by atoms with E-state index in [4.69, 9.17) is 0 Å². The van der Waals surface area contributed by atoms with E-state index < -0.39 is 0 Å². The molecule has 1 aromatic heterocycles. The molecule has 1 N–H and O–H groups in total. The lowest BCUT2D eigenvalue weighted by atomic mass is 10.0. The summed E-state index contributed by atoms with van der Waals surface area (Å²) in [4.78, 5) is 36.1. The maximum absolute atomic E-state index is 13.5. The monoisotopic (exact) mass is 430 g/mol. The standard InChI is InChI=1S/C26H30N4O2/c31-25(23-19-21-11-5-6-12-22(21)27-23)30-17-15-28(16-18-30)24(20-9-3-1-4-10-20)26(32)29-13-7-2-8-14-29/h1,3-6,9-12,19,24,27H,2,7-8,13-18H2. The van der Waals surface area contributed by atoms with Gasteiger partial charge in [-0.25, -0.2) is 0 Å². The van der Waals surface area contributed by atoms with Crippen molar-refractivity contribution in [2.45, 2.75) is 25.3 Å². The normalized spacial score (nSPS) is 18.6. The predicted molar refractivity (Wildman–Crippen MR) is 125 cm³/mol. The number of H-pyrrole nitrogens is 1. The molecule has 3 heterocycles. The fraction of sp³-hybridized carbons (Fsp3) is 0.385. The van der Waals surface area contributed by atoms with E-state index in [9.17, 15) is 9.59 Å². The summed E-state index contributed by atoms with van der Waals surface area (Å²) in [5.74, 6) is 0.228. The molecular weight excluding hydrogens is 400 g/mol. The van der Waals surface area contributed by atoms with Gasteiger partial charge in [0, 0.05) is 50.2 Å². The molecule has 2 aliphatic heterocycles. The summed E-state index contributed by atoms with van der Waals surface area (Å²) < 4.78 is 0. The second kappa shape index (κ2) is 9.17. The Labute approximate surface area is 188 Å². The highest BCUT2D eigenvalue weighted by molar-refractivity contribution is 5.98. The number of para-hydroxylation sites is 1. The van der Waals surface area contributed by atoms with Gasteiger partial charge in [0.25, 0.3) is 5.91 Å². The summed E-state index contributed by atoms with van der Waals surface area (Å²) >= 11 is 0. The van der Waals surface area contributed by atoms with E-state index in [1.54, 1.807) is 0 Å². The van der Waals surface area contributed by atoms with Crippen LogP contribution >= 0.6 is 0 Å². The fourth-order valence-electron chi connectivity index (χ4n) is 4.97. The fourth-order valence-corrected chi connectivity index (χ4v) is 4.97. The van der Waals surface area contributed by atoms with E-state index in [1.807, 2.05) is 58.3 Å². The van der Waals surface area contributed by atoms with Crippen molar-refractivity contribution in [3.05, 3.63) is 71.9 Å². The minimum Gasteiger partial charge on any atom is -0.351 e. The smallest absolute Gasteiger partial charge is 0.270 e. The van der Waals surface area contributed by atoms with Gasteiger partial charge in [-0.05, 0) is 37.0 Å². The van der Waals surface area contributed by atoms with Crippen LogP contribution in [0, 0.1) is 0 Å². The van der Waals surface area contributed by atoms with Crippen LogP contribution in [0.5, 0.6) is 0 Å². The number of carbonyl (C=O) groups is 2. The second-order valence-electron chi connectivity index (χ2n) is 8.80. The van der Waals surface area contributed by atoms with E-state index in [2.05, 4.69) is 22.0 Å². The molecule has 0 radical (unpaired) electrons. The summed E-state index contributed by atoms with van der Waals surface area (Å²) in [6.45, 7) is 4.30. The van der Waals surface area contributed by atoms with Crippen molar-refractivity contribution in [1.82, 2.24) is 19.7 Å². The largest absolute Gasteiger partial charge is 0.351 e. The highest BCUT2D eigenvalue weighted by Gasteiger charge is 2.34. The molecule has 2 aromatic carbocycles. The Morgan fingerprint density at radius 1 is 0.750 bits per heavy atom. The van der Waals surface area contributed by atoms with Gasteiger partial charge in [-0.1, -0.05) is 48.5 Å². The van der Waals surface area contributed by atoms with Crippen molar-refractivity contribution in [1.29, 1.82) is 0 Å². The molecule has 2 amide bonds. The minimum absolute atomic E-state index is 0.0273. The number of hydrogen-bond acceptors (Lipinski definition) is 3. The molecule has 0 bridgehead atoms. The molecule has 5 rings (SSSR count). The SMILES string of the molecule is O=C(c1cc2ccccc2[nH]1)N1CCN(C(C(=O)N2CCCCC2)c2ccccc2)CC1. The average molecular weight is 431 g/mol. The molecule has 3 aromatic rings. The number of likely N-dealkylation sites (tertiary alicyclic amines) is 1. The third kappa shape index (κ3) is 4.15. The molecule has 0 saturated carbocycles. The number of aromatic amines is 1. The number of piperidine rings is 1. The molecule has 166 valence electrons. The van der Waals surface area contributed by atoms with Gasteiger partial charge < -0.3 is 14.8 Å². The van der Waals surface area contributed by atoms with Gasteiger partial charge >= 0.3 is 0 Å². The average Bonchev–Trinajstić information content (AvgIpc) is 3.30. The van der Waals surface area contributed by atoms with Crippen molar-refractivity contribution >= 4 is 22.7 Å². The van der Waals surface area contributed by atoms with E-state index in [1.165, 1.54) is 6.42 Å². The van der Waals surface area contributed by atoms with E-state index in [0.717, 1.165) is 42.4 Å². The number of nitrogens with zero attached hydrogens (tertiary/aromatic N) is 3. The highest BCUT2D eigenvalue weighted by atomic mass is 16.2. The van der Waals surface area contributed by atoms with Crippen LogP contribution in [0.15, 0.2) is 60.7 Å². The maximum Gasteiger partial charge on any atom is 0.270 e. The van der Waals surface area contributed by atoms with Crippen LogP contribution < -0.4 is 0 Å². The Kier molecular flexibility index (Phi) is 5.95. The van der Waals surface area contributed by atoms with Gasteiger partial charge in [0.2, 0.25) is 5.91 Å². The first-order valence-electron chi connectivity index (χ1n) is 11.7. The summed E-state index contributed by atoms with van der Waals surface area (Å²) in [6, 6.07) is 19.7. The molecular formula is C26H30N4O2. The molecule has 1 unspecified atom stereocenters. The molecule has 2 saturated heterocycles. The van der Waals surface area contributed by atoms with Crippen LogP contribution in [0.4, 0.5) is 0 Å². The number of hydrogen-bond donors (Lipinski definition) is 1. The Morgan fingerprint density at radius 3 is 2.16 bits per heavy atom. The first-order valence-corrected chi connectivity index (χ1v) is 11.7. The van der Waals surface area contributed by atoms with E-state index >= 15 is 0 Å². The van der Waals surface area contributed by atoms with Crippen LogP contribution in [0.2, 0.25) is 0 Å². The van der Waals surface area contributed by atoms with Crippen molar-refractivity contribution < 1.29 is 9.59 Å². The summed E-state index contributed by atoms with van der Waals surface area (Å²) in [6.07, 6.45) is 3.37. The lowest BCUT2D eigenvalue weighted by Gasteiger charge is -2.41. The zero-order chi connectivity index (χ0) is 21.9. The zero-order valence-corrected chi connectivity index (χ0v) is 18.4. The van der Waals surface area contributed by atoms with E-state index in [-0.39, 0.29) is 17.9 Å². The Hall–Kier alpha value is -3.12. The quantitative estimate of drug-likeness (QED) is 0.687. The molecule has 0 aliphatic carbocycles. The third-order valence-electron chi connectivity index (χ3n) is 6.74. The number of aromatic nitrogens is 1. The lowest BCUT2D eigenvalue weighted by Crippen LogP contribution is -2.53. The molecule has 0 spiro atoms. The lowest BCUT2D eigenvalue weighted by molar-refractivity contribution is -0.138. The van der Waals surface area contributed by atoms with Gasteiger partial charge in [0.05, 0.1) is 0 Å². The van der Waals surface area contributed by atoms with Crippen molar-refractivity contribution in [2.75, 3.05) is 39.3 Å². The zero-order valence-electron chi connectivity index (χ0n) is 18.4. The minimum atomic E-state index is -0.278. The summed E-state index contributed by atoms with van der Waals surface area (Å²) in [5, 5.41) is 1.05. The van der Waals surface area contributed by atoms with Crippen molar-refractivity contribution in [2.24, 2.45) is 0 Å². The van der Waals surface area contributed by atoms with Gasteiger partial charge in [-0.15, -0.1) is 0 Å². The Balaban J connectivity index is 1.30. The molecule has 32 heavy (non-hydrogen) atoms. The molecule has 2 aliphatic rings. The number of nitrogens with one attached hydrogen (secondary N) is 1. The summed E-state index contributed by atoms with van der Waals surface area (Å²) in [5.41, 5.74) is 2.65. The Bertz CT molecular complexity index is 1050. The summed E-state index contributed by atoms with van der Waals surface area (Å²) in [7, 11) is 0. The number of benzene rings is 2. The van der Waals surface area contributed by atoms with Crippen LogP contribution in [0.25, 0.3) is 10.9 Å². The van der Waals surface area contributed by atoms with Gasteiger partial charge in [0.15, 0.2) is 0 Å². The molecule has 6 nitrogen and oxygen atoms in total. The predicted octanol–water partition coefficient (Wildman–Crippen LogP) is 3.68. The maximum atomic E-state index is 13.5. The Morgan fingerprint density at radius 2 is 1.44 bits per heavy atom. The first kappa shape index (κ1) is 20.8. The van der Waals surface area contributed by atoms with Crippen molar-refractivity contribution in [3.63, 3.8) is 0 Å². The van der Waals surface area contributed by atoms with Gasteiger partial charge in [-0.3, -0.25) is 14.5 Å². The van der Waals surface area contributed by atoms with Crippen LogP contribution in [0.3, 0.4) is 0 Å². The molecule has 2 fully saturated rings. The third-order valence-corrected chi connectivity index (χ3v) is 6.74. The number of fused-ring (bicyclic) bond motifs is 1.